The van der Waals surface area contributed by atoms with Gasteiger partial charge in [-0.2, -0.15) is 4.68 Å². The lowest BCUT2D eigenvalue weighted by Gasteiger charge is -2.14. The van der Waals surface area contributed by atoms with Crippen LogP contribution in [-0.4, -0.2) is 42.9 Å². The van der Waals surface area contributed by atoms with Gasteiger partial charge in [-0.1, -0.05) is 11.3 Å². The molecule has 0 fully saturated rings. The Morgan fingerprint density at radius 2 is 1.96 bits per heavy atom. The van der Waals surface area contributed by atoms with Crippen LogP contribution in [0.5, 0.6) is 0 Å². The molecule has 3 aromatic rings. The number of esters is 1. The molecule has 140 valence electrons. The van der Waals surface area contributed by atoms with Gasteiger partial charge in [-0.15, -0.1) is 5.10 Å². The van der Waals surface area contributed by atoms with E-state index in [9.17, 15) is 14.4 Å². The van der Waals surface area contributed by atoms with Crippen LogP contribution in [0.4, 0.5) is 0 Å². The van der Waals surface area contributed by atoms with Gasteiger partial charge in [0.1, 0.15) is 6.33 Å². The standard InChI is InChI=1S/C18H19N5O4/c1-5-27-18(26)15(12(4)24)22-9-19-16-14(17(22)25)20-21-23(16)13-7-6-10(2)11(3)8-13/h6-9,15H,5H2,1-4H3/t15-/m1/s1. The summed E-state index contributed by atoms with van der Waals surface area (Å²) in [4.78, 5) is 41.0. The van der Waals surface area contributed by atoms with Crippen LogP contribution in [-0.2, 0) is 14.3 Å². The molecule has 2 aromatic heterocycles. The third kappa shape index (κ3) is 3.23. The fourth-order valence-electron chi connectivity index (χ4n) is 2.73. The van der Waals surface area contributed by atoms with Crippen LogP contribution in [0.3, 0.4) is 0 Å². The smallest absolute Gasteiger partial charge is 0.337 e. The topological polar surface area (TPSA) is 109 Å². The number of carbonyl (C=O) groups is 2. The molecule has 1 atom stereocenters. The molecule has 0 bridgehead atoms. The average molecular weight is 369 g/mol. The zero-order chi connectivity index (χ0) is 19.7. The maximum atomic E-state index is 12.8. The van der Waals surface area contributed by atoms with E-state index >= 15 is 0 Å². The molecule has 0 aliphatic rings. The van der Waals surface area contributed by atoms with E-state index in [0.717, 1.165) is 22.0 Å². The van der Waals surface area contributed by atoms with Crippen molar-refractivity contribution in [3.05, 3.63) is 46.0 Å². The Balaban J connectivity index is 2.14. The first kappa shape index (κ1) is 18.4. The Bertz CT molecular complexity index is 1100. The van der Waals surface area contributed by atoms with E-state index in [2.05, 4.69) is 15.3 Å². The van der Waals surface area contributed by atoms with Crippen molar-refractivity contribution in [3.8, 4) is 5.69 Å². The van der Waals surface area contributed by atoms with Gasteiger partial charge < -0.3 is 4.74 Å². The molecule has 0 amide bonds. The molecule has 2 heterocycles. The normalized spacial score (nSPS) is 12.1. The van der Waals surface area contributed by atoms with Gasteiger partial charge in [-0.25, -0.2) is 9.78 Å². The Labute approximate surface area is 154 Å². The molecule has 0 saturated carbocycles. The summed E-state index contributed by atoms with van der Waals surface area (Å²) in [7, 11) is 0. The molecule has 27 heavy (non-hydrogen) atoms. The Kier molecular flexibility index (Phi) is 4.85. The Morgan fingerprint density at radius 1 is 1.22 bits per heavy atom. The number of ether oxygens (including phenoxy) is 1. The van der Waals surface area contributed by atoms with E-state index in [-0.39, 0.29) is 17.8 Å². The minimum absolute atomic E-state index is 0.0359. The van der Waals surface area contributed by atoms with Crippen molar-refractivity contribution in [2.24, 2.45) is 0 Å². The number of nitrogens with zero attached hydrogens (tertiary/aromatic N) is 5. The minimum atomic E-state index is -1.40. The molecular formula is C18H19N5O4. The van der Waals surface area contributed by atoms with Crippen molar-refractivity contribution in [2.75, 3.05) is 6.61 Å². The Hall–Kier alpha value is -3.36. The fraction of sp³-hybridized carbons (Fsp3) is 0.333. The molecule has 0 aliphatic heterocycles. The predicted octanol–water partition coefficient (Wildman–Crippen LogP) is 1.29. The van der Waals surface area contributed by atoms with Gasteiger partial charge in [-0.3, -0.25) is 14.2 Å². The number of aromatic nitrogens is 5. The molecule has 0 saturated heterocycles. The van der Waals surface area contributed by atoms with Gasteiger partial charge in [0.05, 0.1) is 12.3 Å². The highest BCUT2D eigenvalue weighted by Crippen LogP contribution is 2.17. The number of hydrogen-bond acceptors (Lipinski definition) is 7. The van der Waals surface area contributed by atoms with Crippen LogP contribution in [0.15, 0.2) is 29.3 Å². The number of fused-ring (bicyclic) bond motifs is 1. The number of Topliss-reactive ketones (excluding diaryl/α,β-unsaturated/α-hetero) is 1. The summed E-state index contributed by atoms with van der Waals surface area (Å²) in [5.41, 5.74) is 2.46. The summed E-state index contributed by atoms with van der Waals surface area (Å²) < 4.78 is 7.27. The highest BCUT2D eigenvalue weighted by Gasteiger charge is 2.29. The predicted molar refractivity (Wildman–Crippen MR) is 96.7 cm³/mol. The number of hydrogen-bond donors (Lipinski definition) is 0. The first-order valence-corrected chi connectivity index (χ1v) is 8.42. The molecule has 1 aromatic carbocycles. The maximum absolute atomic E-state index is 12.8. The minimum Gasteiger partial charge on any atom is -0.464 e. The number of aryl methyl sites for hydroxylation is 2. The van der Waals surface area contributed by atoms with Crippen LogP contribution in [0, 0.1) is 13.8 Å². The molecule has 3 rings (SSSR count). The van der Waals surface area contributed by atoms with E-state index in [1.807, 2.05) is 32.0 Å². The summed E-state index contributed by atoms with van der Waals surface area (Å²) in [6.07, 6.45) is 1.15. The van der Waals surface area contributed by atoms with Crippen molar-refractivity contribution < 1.29 is 14.3 Å². The average Bonchev–Trinajstić information content (AvgIpc) is 3.04. The summed E-state index contributed by atoms with van der Waals surface area (Å²) in [5.74, 6) is -1.34. The third-order valence-electron chi connectivity index (χ3n) is 4.30. The second-order valence-electron chi connectivity index (χ2n) is 6.16. The number of ketones is 1. The zero-order valence-electron chi connectivity index (χ0n) is 15.5. The van der Waals surface area contributed by atoms with Crippen molar-refractivity contribution >= 4 is 22.9 Å². The van der Waals surface area contributed by atoms with Crippen molar-refractivity contribution in [1.82, 2.24) is 24.5 Å². The van der Waals surface area contributed by atoms with Crippen molar-refractivity contribution in [2.45, 2.75) is 33.7 Å². The van der Waals surface area contributed by atoms with E-state index in [1.165, 1.54) is 11.6 Å². The molecule has 0 radical (unpaired) electrons. The van der Waals surface area contributed by atoms with Crippen LogP contribution < -0.4 is 5.56 Å². The molecular weight excluding hydrogens is 350 g/mol. The van der Waals surface area contributed by atoms with Gasteiger partial charge in [0.25, 0.3) is 5.56 Å². The molecule has 9 nitrogen and oxygen atoms in total. The van der Waals surface area contributed by atoms with Gasteiger partial charge in [0.2, 0.25) is 0 Å². The molecule has 0 aliphatic carbocycles. The van der Waals surface area contributed by atoms with Crippen LogP contribution in [0.2, 0.25) is 0 Å². The monoisotopic (exact) mass is 369 g/mol. The maximum Gasteiger partial charge on any atom is 0.337 e. The Morgan fingerprint density at radius 3 is 2.59 bits per heavy atom. The SMILES string of the molecule is CCOC(=O)[C@@H](C(C)=O)n1cnc2c(nnn2-c2ccc(C)c(C)c2)c1=O. The van der Waals surface area contributed by atoms with Gasteiger partial charge in [0, 0.05) is 0 Å². The van der Waals surface area contributed by atoms with Crippen LogP contribution in [0.1, 0.15) is 31.0 Å². The molecule has 0 spiro atoms. The van der Waals surface area contributed by atoms with Gasteiger partial charge in [-0.05, 0) is 51.0 Å². The number of carbonyl (C=O) groups excluding carboxylic acids is 2. The molecule has 9 heteroatoms. The van der Waals surface area contributed by atoms with Crippen molar-refractivity contribution in [3.63, 3.8) is 0 Å². The van der Waals surface area contributed by atoms with Gasteiger partial charge >= 0.3 is 5.97 Å². The first-order valence-electron chi connectivity index (χ1n) is 8.42. The van der Waals surface area contributed by atoms with E-state index < -0.39 is 23.4 Å². The number of rotatable bonds is 5. The van der Waals surface area contributed by atoms with Crippen LogP contribution in [0.25, 0.3) is 16.9 Å². The van der Waals surface area contributed by atoms with Crippen LogP contribution >= 0.6 is 0 Å². The van der Waals surface area contributed by atoms with E-state index in [1.54, 1.807) is 6.92 Å². The van der Waals surface area contributed by atoms with E-state index in [0.29, 0.717) is 5.69 Å². The van der Waals surface area contributed by atoms with Crippen molar-refractivity contribution in [1.29, 1.82) is 0 Å². The second kappa shape index (κ2) is 7.10. The lowest BCUT2D eigenvalue weighted by Crippen LogP contribution is -2.35. The zero-order valence-corrected chi connectivity index (χ0v) is 15.5. The van der Waals surface area contributed by atoms with E-state index in [4.69, 9.17) is 4.74 Å². The first-order chi connectivity index (χ1) is 12.8. The largest absolute Gasteiger partial charge is 0.464 e. The summed E-state index contributed by atoms with van der Waals surface area (Å²) in [6, 6.07) is 4.29. The summed E-state index contributed by atoms with van der Waals surface area (Å²) >= 11 is 0. The number of benzene rings is 1. The highest BCUT2D eigenvalue weighted by molar-refractivity contribution is 6.00. The lowest BCUT2D eigenvalue weighted by molar-refractivity contribution is -0.150. The summed E-state index contributed by atoms with van der Waals surface area (Å²) in [5, 5.41) is 7.92. The van der Waals surface area contributed by atoms with Gasteiger partial charge in [0.15, 0.2) is 23.0 Å². The molecule has 0 N–H and O–H groups in total. The summed E-state index contributed by atoms with van der Waals surface area (Å²) in [6.45, 7) is 6.89. The third-order valence-corrected chi connectivity index (χ3v) is 4.30. The lowest BCUT2D eigenvalue weighted by atomic mass is 10.1. The highest BCUT2D eigenvalue weighted by atomic mass is 16.5. The fourth-order valence-corrected chi connectivity index (χ4v) is 2.73. The quantitative estimate of drug-likeness (QED) is 0.492. The second-order valence-corrected chi connectivity index (χ2v) is 6.16. The molecule has 0 unspecified atom stereocenters.